The largest absolute Gasteiger partial charge is 0.350 e. The second kappa shape index (κ2) is 8.13. The minimum Gasteiger partial charge on any atom is -0.350 e. The van der Waals surface area contributed by atoms with Crippen LogP contribution in [0, 0.1) is 11.3 Å². The van der Waals surface area contributed by atoms with Crippen LogP contribution in [0.2, 0.25) is 0 Å². The first-order valence-electron chi connectivity index (χ1n) is 7.74. The van der Waals surface area contributed by atoms with E-state index in [4.69, 9.17) is 5.73 Å². The molecule has 1 amide bonds. The lowest BCUT2D eigenvalue weighted by Gasteiger charge is -2.30. The summed E-state index contributed by atoms with van der Waals surface area (Å²) in [5.41, 5.74) is 6.95. The number of nitrogens with two attached hydrogens (primary N) is 1. The van der Waals surface area contributed by atoms with Gasteiger partial charge in [0.05, 0.1) is 6.04 Å². The summed E-state index contributed by atoms with van der Waals surface area (Å²) in [6.07, 6.45) is 5.90. The molecule has 0 radical (unpaired) electrons. The Kier molecular flexibility index (Phi) is 6.82. The van der Waals surface area contributed by atoms with E-state index in [-0.39, 0.29) is 17.4 Å². The Morgan fingerprint density at radius 1 is 1.29 bits per heavy atom. The maximum Gasteiger partial charge on any atom is 0.220 e. The van der Waals surface area contributed by atoms with Crippen LogP contribution in [0.3, 0.4) is 0 Å². The van der Waals surface area contributed by atoms with Crippen LogP contribution < -0.4 is 11.1 Å². The minimum absolute atomic E-state index is 0.0168. The highest BCUT2D eigenvalue weighted by atomic mass is 16.1. The molecule has 0 aliphatic carbocycles. The predicted octanol–water partition coefficient (Wildman–Crippen LogP) is 3.05. The van der Waals surface area contributed by atoms with Crippen molar-refractivity contribution in [3.05, 3.63) is 30.1 Å². The number of rotatable bonds is 7. The van der Waals surface area contributed by atoms with E-state index in [2.05, 4.69) is 31.1 Å². The summed E-state index contributed by atoms with van der Waals surface area (Å²) >= 11 is 0. The van der Waals surface area contributed by atoms with Gasteiger partial charge in [-0.05, 0) is 55.3 Å². The molecule has 4 heteroatoms. The first kappa shape index (κ1) is 17.6. The standard InChI is InChI=1S/C17H29N3O/c1-13(14-8-11-19-12-9-14)20-16(21)6-5-15(7-10-18)17(2,3)4/h8-9,11-13,15H,5-7,10,18H2,1-4H3,(H,20,21). The molecule has 0 aliphatic rings. The predicted molar refractivity (Wildman–Crippen MR) is 86.6 cm³/mol. The van der Waals surface area contributed by atoms with Gasteiger partial charge in [-0.15, -0.1) is 0 Å². The van der Waals surface area contributed by atoms with Gasteiger partial charge in [0, 0.05) is 18.8 Å². The lowest BCUT2D eigenvalue weighted by Crippen LogP contribution is -2.29. The van der Waals surface area contributed by atoms with Gasteiger partial charge in [-0.1, -0.05) is 20.8 Å². The average Bonchev–Trinajstić information content (AvgIpc) is 2.43. The number of amides is 1. The van der Waals surface area contributed by atoms with Crippen molar-refractivity contribution in [1.82, 2.24) is 10.3 Å². The molecule has 1 rings (SSSR count). The Morgan fingerprint density at radius 2 is 1.90 bits per heavy atom. The van der Waals surface area contributed by atoms with Gasteiger partial charge in [0.2, 0.25) is 5.91 Å². The molecule has 0 saturated heterocycles. The van der Waals surface area contributed by atoms with E-state index in [0.29, 0.717) is 18.9 Å². The molecule has 2 unspecified atom stereocenters. The monoisotopic (exact) mass is 291 g/mol. The van der Waals surface area contributed by atoms with E-state index in [9.17, 15) is 4.79 Å². The molecule has 0 fully saturated rings. The lowest BCUT2D eigenvalue weighted by atomic mass is 9.76. The molecule has 21 heavy (non-hydrogen) atoms. The summed E-state index contributed by atoms with van der Waals surface area (Å²) in [6, 6.07) is 3.87. The third-order valence-corrected chi connectivity index (χ3v) is 4.04. The zero-order valence-electron chi connectivity index (χ0n) is 13.7. The van der Waals surface area contributed by atoms with Crippen LogP contribution in [0.1, 0.15) is 58.6 Å². The van der Waals surface area contributed by atoms with Crippen molar-refractivity contribution in [3.8, 4) is 0 Å². The van der Waals surface area contributed by atoms with Gasteiger partial charge in [0.15, 0.2) is 0 Å². The number of nitrogens with zero attached hydrogens (tertiary/aromatic N) is 1. The molecule has 3 N–H and O–H groups in total. The molecule has 2 atom stereocenters. The molecule has 0 spiro atoms. The van der Waals surface area contributed by atoms with Crippen LogP contribution >= 0.6 is 0 Å². The van der Waals surface area contributed by atoms with E-state index in [1.165, 1.54) is 0 Å². The van der Waals surface area contributed by atoms with Crippen molar-refractivity contribution in [2.45, 2.75) is 53.0 Å². The Morgan fingerprint density at radius 3 is 2.43 bits per heavy atom. The van der Waals surface area contributed by atoms with Crippen LogP contribution in [-0.4, -0.2) is 17.4 Å². The normalized spacial score (nSPS) is 14.5. The second-order valence-corrected chi connectivity index (χ2v) is 6.75. The Balaban J connectivity index is 2.46. The van der Waals surface area contributed by atoms with Gasteiger partial charge >= 0.3 is 0 Å². The van der Waals surface area contributed by atoms with Crippen molar-refractivity contribution in [3.63, 3.8) is 0 Å². The Bertz CT molecular complexity index is 425. The maximum atomic E-state index is 12.1. The van der Waals surface area contributed by atoms with Crippen molar-refractivity contribution in [1.29, 1.82) is 0 Å². The number of hydrogen-bond acceptors (Lipinski definition) is 3. The Hall–Kier alpha value is -1.42. The van der Waals surface area contributed by atoms with Gasteiger partial charge in [0.1, 0.15) is 0 Å². The fraction of sp³-hybridized carbons (Fsp3) is 0.647. The van der Waals surface area contributed by atoms with E-state index < -0.39 is 0 Å². The second-order valence-electron chi connectivity index (χ2n) is 6.75. The molecular formula is C17H29N3O. The van der Waals surface area contributed by atoms with Crippen LogP contribution in [0.15, 0.2) is 24.5 Å². The number of nitrogens with one attached hydrogen (secondary N) is 1. The van der Waals surface area contributed by atoms with Crippen molar-refractivity contribution in [2.24, 2.45) is 17.1 Å². The summed E-state index contributed by atoms with van der Waals surface area (Å²) in [4.78, 5) is 16.1. The summed E-state index contributed by atoms with van der Waals surface area (Å²) in [5.74, 6) is 0.579. The van der Waals surface area contributed by atoms with Gasteiger partial charge in [0.25, 0.3) is 0 Å². The number of carbonyl (C=O) groups excluding carboxylic acids is 1. The molecule has 0 saturated carbocycles. The molecule has 0 bridgehead atoms. The summed E-state index contributed by atoms with van der Waals surface area (Å²) in [6.45, 7) is 9.31. The molecule has 118 valence electrons. The number of hydrogen-bond donors (Lipinski definition) is 2. The average molecular weight is 291 g/mol. The summed E-state index contributed by atoms with van der Waals surface area (Å²) in [7, 11) is 0. The topological polar surface area (TPSA) is 68.0 Å². The number of aromatic nitrogens is 1. The van der Waals surface area contributed by atoms with Crippen LogP contribution in [0.4, 0.5) is 0 Å². The van der Waals surface area contributed by atoms with Gasteiger partial charge in [-0.3, -0.25) is 9.78 Å². The highest BCUT2D eigenvalue weighted by molar-refractivity contribution is 5.76. The molecule has 1 heterocycles. The molecule has 1 aromatic rings. The number of pyridine rings is 1. The zero-order chi connectivity index (χ0) is 15.9. The van der Waals surface area contributed by atoms with Crippen molar-refractivity contribution in [2.75, 3.05) is 6.54 Å². The first-order chi connectivity index (χ1) is 9.84. The van der Waals surface area contributed by atoms with Gasteiger partial charge in [-0.25, -0.2) is 0 Å². The third kappa shape index (κ3) is 6.25. The van der Waals surface area contributed by atoms with E-state index in [1.54, 1.807) is 12.4 Å². The van der Waals surface area contributed by atoms with Crippen LogP contribution in [-0.2, 0) is 4.79 Å². The van der Waals surface area contributed by atoms with E-state index >= 15 is 0 Å². The highest BCUT2D eigenvalue weighted by Gasteiger charge is 2.24. The highest BCUT2D eigenvalue weighted by Crippen LogP contribution is 2.32. The summed E-state index contributed by atoms with van der Waals surface area (Å²) < 4.78 is 0. The fourth-order valence-electron chi connectivity index (χ4n) is 2.57. The first-order valence-corrected chi connectivity index (χ1v) is 7.74. The maximum absolute atomic E-state index is 12.1. The van der Waals surface area contributed by atoms with Gasteiger partial charge in [-0.2, -0.15) is 0 Å². The van der Waals surface area contributed by atoms with Gasteiger partial charge < -0.3 is 11.1 Å². The van der Waals surface area contributed by atoms with Crippen molar-refractivity contribution < 1.29 is 4.79 Å². The SMILES string of the molecule is CC(NC(=O)CCC(CCN)C(C)(C)C)c1ccncc1. The van der Waals surface area contributed by atoms with E-state index in [1.807, 2.05) is 19.1 Å². The smallest absolute Gasteiger partial charge is 0.220 e. The zero-order valence-corrected chi connectivity index (χ0v) is 13.7. The van der Waals surface area contributed by atoms with Crippen LogP contribution in [0.25, 0.3) is 0 Å². The summed E-state index contributed by atoms with van der Waals surface area (Å²) in [5, 5.41) is 3.05. The molecular weight excluding hydrogens is 262 g/mol. The molecule has 1 aromatic heterocycles. The molecule has 0 aromatic carbocycles. The lowest BCUT2D eigenvalue weighted by molar-refractivity contribution is -0.122. The molecule has 0 aliphatic heterocycles. The minimum atomic E-state index is 0.0168. The molecule has 4 nitrogen and oxygen atoms in total. The van der Waals surface area contributed by atoms with Crippen LogP contribution in [0.5, 0.6) is 0 Å². The Labute approximate surface area is 128 Å². The fourth-order valence-corrected chi connectivity index (χ4v) is 2.57. The van der Waals surface area contributed by atoms with Crippen molar-refractivity contribution >= 4 is 5.91 Å². The third-order valence-electron chi connectivity index (χ3n) is 4.04. The quantitative estimate of drug-likeness (QED) is 0.811. The van der Waals surface area contributed by atoms with E-state index in [0.717, 1.165) is 18.4 Å². The number of carbonyl (C=O) groups is 1.